The number of nitrogens with zero attached hydrogens (tertiary/aromatic N) is 2. The van der Waals surface area contributed by atoms with Gasteiger partial charge in [-0.05, 0) is 12.1 Å². The molecule has 1 aromatic rings. The maximum atomic E-state index is 11.9. The number of anilines is 1. The van der Waals surface area contributed by atoms with Gasteiger partial charge in [0.2, 0.25) is 0 Å². The molecule has 0 bridgehead atoms. The van der Waals surface area contributed by atoms with Crippen LogP contribution in [0.5, 0.6) is 0 Å². The Balaban J connectivity index is 2.66. The molecule has 0 spiro atoms. The van der Waals surface area contributed by atoms with Crippen molar-refractivity contribution in [2.75, 3.05) is 30.2 Å². The third kappa shape index (κ3) is 4.92. The number of hydrogen-bond acceptors (Lipinski definition) is 3. The monoisotopic (exact) mass is 305 g/mol. The zero-order valence-corrected chi connectivity index (χ0v) is 11.5. The number of nitrogens with one attached hydrogen (secondary N) is 1. The van der Waals surface area contributed by atoms with Gasteiger partial charge in [0.25, 0.3) is 5.69 Å². The van der Waals surface area contributed by atoms with E-state index in [1.165, 1.54) is 29.2 Å². The Morgan fingerprint density at radius 2 is 1.74 bits per heavy atom. The lowest BCUT2D eigenvalue weighted by molar-refractivity contribution is -0.384. The maximum Gasteiger partial charge on any atom is 0.321 e. The third-order valence-corrected chi connectivity index (χ3v) is 2.66. The Morgan fingerprint density at radius 3 is 2.16 bits per heavy atom. The van der Waals surface area contributed by atoms with Gasteiger partial charge in [-0.2, -0.15) is 0 Å². The van der Waals surface area contributed by atoms with E-state index in [4.69, 9.17) is 23.2 Å². The van der Waals surface area contributed by atoms with E-state index in [-0.39, 0.29) is 11.7 Å². The Morgan fingerprint density at radius 1 is 1.21 bits per heavy atom. The van der Waals surface area contributed by atoms with Gasteiger partial charge >= 0.3 is 6.03 Å². The lowest BCUT2D eigenvalue weighted by atomic mass is 10.3. The minimum atomic E-state index is -0.501. The molecule has 1 aromatic carbocycles. The number of benzene rings is 1. The molecule has 2 amide bonds. The second-order valence-electron chi connectivity index (χ2n) is 3.60. The number of nitro benzene ring substituents is 1. The van der Waals surface area contributed by atoms with Gasteiger partial charge < -0.3 is 10.2 Å². The van der Waals surface area contributed by atoms with Crippen LogP contribution in [-0.2, 0) is 0 Å². The molecular formula is C11H13Cl2N3O3. The van der Waals surface area contributed by atoms with Crippen molar-refractivity contribution in [3.8, 4) is 0 Å². The van der Waals surface area contributed by atoms with Crippen molar-refractivity contribution in [2.24, 2.45) is 0 Å². The highest BCUT2D eigenvalue weighted by Gasteiger charge is 2.13. The number of carbonyl (C=O) groups is 1. The molecule has 6 nitrogen and oxygen atoms in total. The summed E-state index contributed by atoms with van der Waals surface area (Å²) in [7, 11) is 0. The Hall–Kier alpha value is -1.53. The van der Waals surface area contributed by atoms with Gasteiger partial charge in [0, 0.05) is 42.7 Å². The smallest absolute Gasteiger partial charge is 0.321 e. The van der Waals surface area contributed by atoms with Crippen molar-refractivity contribution >= 4 is 40.6 Å². The van der Waals surface area contributed by atoms with Crippen LogP contribution in [0, 0.1) is 10.1 Å². The van der Waals surface area contributed by atoms with Crippen molar-refractivity contribution < 1.29 is 9.72 Å². The Kier molecular flexibility index (Phi) is 6.38. The number of amides is 2. The van der Waals surface area contributed by atoms with Gasteiger partial charge in [-0.15, -0.1) is 23.2 Å². The topological polar surface area (TPSA) is 75.5 Å². The highest BCUT2D eigenvalue weighted by Crippen LogP contribution is 2.15. The van der Waals surface area contributed by atoms with E-state index >= 15 is 0 Å². The van der Waals surface area contributed by atoms with Crippen molar-refractivity contribution in [1.82, 2.24) is 4.90 Å². The quantitative estimate of drug-likeness (QED) is 0.499. The first-order valence-electron chi connectivity index (χ1n) is 5.50. The minimum Gasteiger partial charge on any atom is -0.322 e. The van der Waals surface area contributed by atoms with E-state index in [1.807, 2.05) is 0 Å². The molecule has 0 heterocycles. The molecule has 0 radical (unpaired) electrons. The Bertz CT molecular complexity index is 433. The van der Waals surface area contributed by atoms with E-state index in [0.717, 1.165) is 0 Å². The first-order valence-corrected chi connectivity index (χ1v) is 6.57. The lowest BCUT2D eigenvalue weighted by Crippen LogP contribution is -2.37. The second-order valence-corrected chi connectivity index (χ2v) is 4.36. The fourth-order valence-corrected chi connectivity index (χ4v) is 1.80. The van der Waals surface area contributed by atoms with E-state index in [9.17, 15) is 14.9 Å². The van der Waals surface area contributed by atoms with Crippen molar-refractivity contribution in [1.29, 1.82) is 0 Å². The predicted octanol–water partition coefficient (Wildman–Crippen LogP) is 2.91. The van der Waals surface area contributed by atoms with Crippen LogP contribution in [0.2, 0.25) is 0 Å². The fourth-order valence-electron chi connectivity index (χ4n) is 1.39. The largest absolute Gasteiger partial charge is 0.322 e. The number of hydrogen-bond donors (Lipinski definition) is 1. The zero-order chi connectivity index (χ0) is 14.3. The predicted molar refractivity (Wildman–Crippen MR) is 75.1 cm³/mol. The molecule has 0 aliphatic rings. The standard InChI is InChI=1S/C11H13Cl2N3O3/c12-5-7-15(8-6-13)11(17)14-9-1-3-10(4-2-9)16(18)19/h1-4H,5-8H2,(H,14,17). The van der Waals surface area contributed by atoms with Gasteiger partial charge in [0.05, 0.1) is 4.92 Å². The highest BCUT2D eigenvalue weighted by atomic mass is 35.5. The zero-order valence-electron chi connectivity index (χ0n) is 10.0. The number of urea groups is 1. The molecule has 8 heteroatoms. The van der Waals surface area contributed by atoms with E-state index in [0.29, 0.717) is 30.5 Å². The van der Waals surface area contributed by atoms with Crippen molar-refractivity contribution in [3.05, 3.63) is 34.4 Å². The summed E-state index contributed by atoms with van der Waals surface area (Å²) in [5, 5.41) is 13.1. The highest BCUT2D eigenvalue weighted by molar-refractivity contribution is 6.18. The summed E-state index contributed by atoms with van der Waals surface area (Å²) in [4.78, 5) is 23.3. The van der Waals surface area contributed by atoms with Crippen LogP contribution in [0.3, 0.4) is 0 Å². The minimum absolute atomic E-state index is 0.0311. The fraction of sp³-hybridized carbons (Fsp3) is 0.364. The van der Waals surface area contributed by atoms with Gasteiger partial charge in [0.1, 0.15) is 0 Å². The third-order valence-electron chi connectivity index (χ3n) is 2.33. The molecule has 0 aromatic heterocycles. The van der Waals surface area contributed by atoms with Gasteiger partial charge in [-0.3, -0.25) is 10.1 Å². The van der Waals surface area contributed by atoms with Gasteiger partial charge in [0.15, 0.2) is 0 Å². The molecule has 0 saturated heterocycles. The van der Waals surface area contributed by atoms with Crippen LogP contribution in [-0.4, -0.2) is 40.7 Å². The average Bonchev–Trinajstić information content (AvgIpc) is 2.39. The molecule has 0 aliphatic carbocycles. The molecule has 0 saturated carbocycles. The summed E-state index contributed by atoms with van der Waals surface area (Å²) in [6.45, 7) is 0.764. The average molecular weight is 306 g/mol. The van der Waals surface area contributed by atoms with E-state index in [1.54, 1.807) is 0 Å². The number of carbonyl (C=O) groups excluding carboxylic acids is 1. The van der Waals surface area contributed by atoms with Crippen LogP contribution in [0.15, 0.2) is 24.3 Å². The second kappa shape index (κ2) is 7.81. The summed E-state index contributed by atoms with van der Waals surface area (Å²) in [6.07, 6.45) is 0. The molecule has 1 rings (SSSR count). The Labute approximate surface area is 120 Å². The molecule has 0 fully saturated rings. The molecule has 0 atom stereocenters. The summed E-state index contributed by atoms with van der Waals surface area (Å²) < 4.78 is 0. The maximum absolute atomic E-state index is 11.9. The SMILES string of the molecule is O=C(Nc1ccc([N+](=O)[O-])cc1)N(CCCl)CCCl. The first-order chi connectivity index (χ1) is 9.08. The number of rotatable bonds is 6. The van der Waals surface area contributed by atoms with Crippen LogP contribution in [0.25, 0.3) is 0 Å². The van der Waals surface area contributed by atoms with Crippen LogP contribution >= 0.6 is 23.2 Å². The number of alkyl halides is 2. The normalized spacial score (nSPS) is 10.0. The molecule has 0 aliphatic heterocycles. The van der Waals surface area contributed by atoms with Crippen molar-refractivity contribution in [2.45, 2.75) is 0 Å². The summed E-state index contributed by atoms with van der Waals surface area (Å²) in [6, 6.07) is 5.24. The summed E-state index contributed by atoms with van der Waals surface area (Å²) in [5.41, 5.74) is 0.445. The molecule has 104 valence electrons. The van der Waals surface area contributed by atoms with Crippen LogP contribution in [0.4, 0.5) is 16.2 Å². The van der Waals surface area contributed by atoms with Crippen molar-refractivity contribution in [3.63, 3.8) is 0 Å². The molecule has 19 heavy (non-hydrogen) atoms. The first kappa shape index (κ1) is 15.5. The molecular weight excluding hydrogens is 293 g/mol. The van der Waals surface area contributed by atoms with E-state index in [2.05, 4.69) is 5.32 Å². The van der Waals surface area contributed by atoms with Gasteiger partial charge in [-0.25, -0.2) is 4.79 Å². The molecule has 1 N–H and O–H groups in total. The van der Waals surface area contributed by atoms with Crippen LogP contribution < -0.4 is 5.32 Å². The van der Waals surface area contributed by atoms with Crippen LogP contribution in [0.1, 0.15) is 0 Å². The lowest BCUT2D eigenvalue weighted by Gasteiger charge is -2.20. The van der Waals surface area contributed by atoms with E-state index < -0.39 is 4.92 Å². The summed E-state index contributed by atoms with van der Waals surface area (Å²) in [5.74, 6) is 0.620. The number of nitro groups is 1. The number of halogens is 2. The number of non-ortho nitro benzene ring substituents is 1. The molecule has 0 unspecified atom stereocenters. The van der Waals surface area contributed by atoms with Gasteiger partial charge in [-0.1, -0.05) is 0 Å². The summed E-state index contributed by atoms with van der Waals surface area (Å²) >= 11 is 11.2.